The summed E-state index contributed by atoms with van der Waals surface area (Å²) in [5.74, 6) is -1.56. The van der Waals surface area contributed by atoms with Crippen LogP contribution in [0.2, 0.25) is 5.02 Å². The molecule has 2 rings (SSSR count). The number of fused-ring (bicyclic) bond motifs is 1. The number of alkyl halides is 3. The van der Waals surface area contributed by atoms with E-state index in [2.05, 4.69) is 0 Å². The Morgan fingerprint density at radius 3 is 2.30 bits per heavy atom. The first-order valence-electron chi connectivity index (χ1n) is 8.45. The zero-order valence-corrected chi connectivity index (χ0v) is 16.9. The number of benzene rings is 1. The van der Waals surface area contributed by atoms with E-state index in [1.807, 2.05) is 34.6 Å². The lowest BCUT2D eigenvalue weighted by molar-refractivity contribution is -0.187. The molecule has 27 heavy (non-hydrogen) atoms. The van der Waals surface area contributed by atoms with Crippen molar-refractivity contribution in [1.82, 2.24) is 0 Å². The highest BCUT2D eigenvalue weighted by atomic mass is 35.5. The summed E-state index contributed by atoms with van der Waals surface area (Å²) in [5.41, 5.74) is -0.610. The third-order valence-electron chi connectivity index (χ3n) is 3.47. The lowest BCUT2D eigenvalue weighted by Gasteiger charge is -2.29. The van der Waals surface area contributed by atoms with Gasteiger partial charge in [-0.1, -0.05) is 46.2 Å². The van der Waals surface area contributed by atoms with Crippen molar-refractivity contribution >= 4 is 23.6 Å². The second-order valence-electron chi connectivity index (χ2n) is 7.02. The van der Waals surface area contributed by atoms with E-state index in [9.17, 15) is 18.0 Å². The lowest BCUT2D eigenvalue weighted by Crippen LogP contribution is -2.40. The van der Waals surface area contributed by atoms with E-state index in [-0.39, 0.29) is 27.5 Å². The Labute approximate surface area is 161 Å². The van der Waals surface area contributed by atoms with Crippen molar-refractivity contribution in [3.8, 4) is 11.5 Å². The molecule has 8 heteroatoms. The quantitative estimate of drug-likeness (QED) is 0.677. The molecule has 0 bridgehead atoms. The maximum Gasteiger partial charge on any atom is 0.430 e. The maximum atomic E-state index is 13.2. The summed E-state index contributed by atoms with van der Waals surface area (Å²) in [6.07, 6.45) is -6.47. The summed E-state index contributed by atoms with van der Waals surface area (Å²) >= 11 is 6.17. The molecule has 0 fully saturated rings. The molecule has 0 aromatic heterocycles. The minimum absolute atomic E-state index is 0.0827. The van der Waals surface area contributed by atoms with Gasteiger partial charge >= 0.3 is 12.1 Å². The molecule has 4 nitrogen and oxygen atoms in total. The van der Waals surface area contributed by atoms with E-state index < -0.39 is 23.8 Å². The summed E-state index contributed by atoms with van der Waals surface area (Å²) in [4.78, 5) is 11.2. The summed E-state index contributed by atoms with van der Waals surface area (Å²) in [5, 5.41) is 9.23. The molecule has 0 aliphatic carbocycles. The van der Waals surface area contributed by atoms with Gasteiger partial charge in [-0.05, 0) is 24.5 Å². The number of carboxylic acids is 1. The highest BCUT2D eigenvalue weighted by molar-refractivity contribution is 6.32. The van der Waals surface area contributed by atoms with E-state index in [0.717, 1.165) is 6.08 Å². The SMILES string of the molecule is CC.Cc1c(OCC(C)(C)C)c(Cl)cc2c1OC(C(F)(F)F)C(C(=O)O)=C2. The normalized spacial score (nSPS) is 16.4. The van der Waals surface area contributed by atoms with Gasteiger partial charge in [0, 0.05) is 11.1 Å². The van der Waals surface area contributed by atoms with Gasteiger partial charge in [0.15, 0.2) is 0 Å². The third-order valence-corrected chi connectivity index (χ3v) is 3.75. The highest BCUT2D eigenvalue weighted by Gasteiger charge is 2.49. The minimum Gasteiger partial charge on any atom is -0.491 e. The standard InChI is InChI=1S/C17H18ClF3O4.C2H6/c1-8-12-9(6-11(18)13(8)24-7-16(2,3)4)5-10(15(22)23)14(25-12)17(19,20)21;1-2/h5-6,14H,7H2,1-4H3,(H,22,23);1-2H3. The Morgan fingerprint density at radius 2 is 1.85 bits per heavy atom. The summed E-state index contributed by atoms with van der Waals surface area (Å²) in [7, 11) is 0. The van der Waals surface area contributed by atoms with Crippen molar-refractivity contribution in [3.63, 3.8) is 0 Å². The predicted molar refractivity (Wildman–Crippen MR) is 98.6 cm³/mol. The zero-order valence-electron chi connectivity index (χ0n) is 16.1. The highest BCUT2D eigenvalue weighted by Crippen LogP contribution is 2.45. The first-order chi connectivity index (χ1) is 12.3. The maximum absolute atomic E-state index is 13.2. The van der Waals surface area contributed by atoms with E-state index in [4.69, 9.17) is 26.2 Å². The molecule has 0 radical (unpaired) electrons. The first-order valence-corrected chi connectivity index (χ1v) is 8.83. The predicted octanol–water partition coefficient (Wildman–Crippen LogP) is 5.89. The molecule has 0 amide bonds. The zero-order chi connectivity index (χ0) is 21.2. The van der Waals surface area contributed by atoms with E-state index in [1.54, 1.807) is 0 Å². The Hall–Kier alpha value is -1.89. The molecule has 1 N–H and O–H groups in total. The summed E-state index contributed by atoms with van der Waals surface area (Å²) in [6, 6.07) is 1.34. The smallest absolute Gasteiger partial charge is 0.430 e. The second kappa shape index (κ2) is 8.42. The van der Waals surface area contributed by atoms with Crippen LogP contribution >= 0.6 is 11.6 Å². The fourth-order valence-corrected chi connectivity index (χ4v) is 2.65. The number of hydrogen-bond acceptors (Lipinski definition) is 3. The van der Waals surface area contributed by atoms with Gasteiger partial charge in [-0.3, -0.25) is 0 Å². The minimum atomic E-state index is -4.86. The average molecular weight is 409 g/mol. The summed E-state index contributed by atoms with van der Waals surface area (Å²) < 4.78 is 50.2. The molecule has 1 aliphatic heterocycles. The molecule has 1 unspecified atom stereocenters. The van der Waals surface area contributed by atoms with E-state index in [0.29, 0.717) is 12.2 Å². The fraction of sp³-hybridized carbons (Fsp3) is 0.526. The van der Waals surface area contributed by atoms with Crippen LogP contribution in [0.15, 0.2) is 11.6 Å². The van der Waals surface area contributed by atoms with Crippen LogP contribution in [0.1, 0.15) is 45.7 Å². The van der Waals surface area contributed by atoms with Crippen LogP contribution in [0.5, 0.6) is 11.5 Å². The van der Waals surface area contributed by atoms with Crippen molar-refractivity contribution in [3.05, 3.63) is 27.8 Å². The summed E-state index contributed by atoms with van der Waals surface area (Å²) in [6.45, 7) is 11.6. The Kier molecular flexibility index (Phi) is 7.22. The monoisotopic (exact) mass is 408 g/mol. The molecule has 1 aliphatic rings. The van der Waals surface area contributed by atoms with Gasteiger partial charge in [-0.15, -0.1) is 0 Å². The van der Waals surface area contributed by atoms with Crippen LogP contribution in [0, 0.1) is 12.3 Å². The molecule has 1 aromatic rings. The van der Waals surface area contributed by atoms with Gasteiger partial charge < -0.3 is 14.6 Å². The van der Waals surface area contributed by atoms with Crippen LogP contribution in [0.25, 0.3) is 6.08 Å². The van der Waals surface area contributed by atoms with Crippen LogP contribution < -0.4 is 9.47 Å². The molecule has 1 aromatic carbocycles. The Bertz CT molecular complexity index is 734. The van der Waals surface area contributed by atoms with Crippen LogP contribution in [-0.4, -0.2) is 30.0 Å². The molecule has 152 valence electrons. The number of hydrogen-bond donors (Lipinski definition) is 1. The molecule has 1 atom stereocenters. The Morgan fingerprint density at radius 1 is 1.30 bits per heavy atom. The fourth-order valence-electron chi connectivity index (χ4n) is 2.34. The van der Waals surface area contributed by atoms with Crippen molar-refractivity contribution in [2.24, 2.45) is 5.41 Å². The van der Waals surface area contributed by atoms with Crippen molar-refractivity contribution in [2.75, 3.05) is 6.61 Å². The number of rotatable bonds is 3. The van der Waals surface area contributed by atoms with Gasteiger partial charge in [0.1, 0.15) is 11.5 Å². The molecular weight excluding hydrogens is 385 g/mol. The van der Waals surface area contributed by atoms with E-state index >= 15 is 0 Å². The van der Waals surface area contributed by atoms with E-state index in [1.165, 1.54) is 13.0 Å². The van der Waals surface area contributed by atoms with Crippen LogP contribution in [0.3, 0.4) is 0 Å². The van der Waals surface area contributed by atoms with Gasteiger partial charge in [-0.25, -0.2) is 4.79 Å². The van der Waals surface area contributed by atoms with Gasteiger partial charge in [0.05, 0.1) is 17.2 Å². The third kappa shape index (κ3) is 5.54. The largest absolute Gasteiger partial charge is 0.491 e. The van der Waals surface area contributed by atoms with Crippen LogP contribution in [0.4, 0.5) is 13.2 Å². The topological polar surface area (TPSA) is 55.8 Å². The Balaban J connectivity index is 0.00000176. The molecule has 0 saturated heterocycles. The van der Waals surface area contributed by atoms with Crippen molar-refractivity contribution in [2.45, 2.75) is 53.8 Å². The van der Waals surface area contributed by atoms with Gasteiger partial charge in [0.25, 0.3) is 0 Å². The number of halogens is 4. The second-order valence-corrected chi connectivity index (χ2v) is 7.43. The molecular formula is C19H24ClF3O4. The van der Waals surface area contributed by atoms with Crippen molar-refractivity contribution < 1.29 is 32.5 Å². The molecule has 0 saturated carbocycles. The first kappa shape index (κ1) is 23.1. The van der Waals surface area contributed by atoms with Gasteiger partial charge in [-0.2, -0.15) is 13.2 Å². The molecule has 1 heterocycles. The van der Waals surface area contributed by atoms with Crippen LogP contribution in [-0.2, 0) is 4.79 Å². The number of carbonyl (C=O) groups is 1. The average Bonchev–Trinajstić information content (AvgIpc) is 2.53. The lowest BCUT2D eigenvalue weighted by atomic mass is 9.97. The number of aliphatic carboxylic acids is 1. The van der Waals surface area contributed by atoms with Gasteiger partial charge in [0.2, 0.25) is 6.10 Å². The number of ether oxygens (including phenoxy) is 2. The van der Waals surface area contributed by atoms with Crippen molar-refractivity contribution in [1.29, 1.82) is 0 Å². The molecule has 0 spiro atoms. The number of carboxylic acid groups (broad SMARTS) is 1.